The lowest BCUT2D eigenvalue weighted by atomic mass is 10.2. The Bertz CT molecular complexity index is 806. The molecule has 0 bridgehead atoms. The molecule has 2 aromatic rings. The molecule has 1 N–H and O–H groups in total. The van der Waals surface area contributed by atoms with Crippen molar-refractivity contribution in [2.75, 3.05) is 13.1 Å². The molecule has 0 aromatic heterocycles. The highest BCUT2D eigenvalue weighted by molar-refractivity contribution is 7.89. The number of alkyl halides is 2. The zero-order valence-corrected chi connectivity index (χ0v) is 16.2. The fourth-order valence-corrected chi connectivity index (χ4v) is 4.09. The minimum absolute atomic E-state index is 0.124. The third-order valence-corrected chi connectivity index (χ3v) is 6.14. The number of ether oxygens (including phenoxy) is 1. The normalized spacial score (nSPS) is 11.9. The van der Waals surface area contributed by atoms with Crippen LogP contribution in [0.3, 0.4) is 0 Å². The highest BCUT2D eigenvalue weighted by Gasteiger charge is 2.20. The first-order chi connectivity index (χ1) is 12.9. The van der Waals surface area contributed by atoms with Crippen LogP contribution in [0.4, 0.5) is 8.78 Å². The van der Waals surface area contributed by atoms with Gasteiger partial charge in [-0.3, -0.25) is 0 Å². The number of benzene rings is 2. The van der Waals surface area contributed by atoms with Gasteiger partial charge in [-0.25, -0.2) is 8.42 Å². The van der Waals surface area contributed by atoms with Crippen molar-refractivity contribution < 1.29 is 21.9 Å². The van der Waals surface area contributed by atoms with Gasteiger partial charge in [0.1, 0.15) is 5.75 Å². The van der Waals surface area contributed by atoms with Crippen LogP contribution < -0.4 is 10.1 Å². The average Bonchev–Trinajstić information content (AvgIpc) is 2.64. The van der Waals surface area contributed by atoms with E-state index < -0.39 is 16.6 Å². The van der Waals surface area contributed by atoms with Gasteiger partial charge < -0.3 is 10.1 Å². The number of halogens is 2. The van der Waals surface area contributed by atoms with Gasteiger partial charge in [-0.1, -0.05) is 38.1 Å². The summed E-state index contributed by atoms with van der Waals surface area (Å²) in [6, 6.07) is 13.2. The van der Waals surface area contributed by atoms with Crippen LogP contribution in [0.1, 0.15) is 25.0 Å². The van der Waals surface area contributed by atoms with Gasteiger partial charge in [0.2, 0.25) is 10.0 Å². The lowest BCUT2D eigenvalue weighted by Gasteiger charge is -2.18. The molecule has 27 heavy (non-hydrogen) atoms. The molecular formula is C19H24F2N2O3S. The van der Waals surface area contributed by atoms with Crippen molar-refractivity contribution in [1.29, 1.82) is 0 Å². The zero-order chi connectivity index (χ0) is 19.9. The predicted octanol–water partition coefficient (Wildman–Crippen LogP) is 3.61. The number of hydrogen-bond acceptors (Lipinski definition) is 4. The minimum Gasteiger partial charge on any atom is -0.435 e. The lowest BCUT2D eigenvalue weighted by molar-refractivity contribution is -0.0498. The highest BCUT2D eigenvalue weighted by atomic mass is 32.2. The van der Waals surface area contributed by atoms with Gasteiger partial charge in [0.15, 0.2) is 0 Å². The molecule has 0 radical (unpaired) electrons. The first-order valence-electron chi connectivity index (χ1n) is 8.70. The van der Waals surface area contributed by atoms with Gasteiger partial charge in [0, 0.05) is 26.2 Å². The molecule has 5 nitrogen and oxygen atoms in total. The quantitative estimate of drug-likeness (QED) is 0.664. The molecule has 0 saturated carbocycles. The molecular weight excluding hydrogens is 374 g/mol. The van der Waals surface area contributed by atoms with E-state index in [1.165, 1.54) is 16.4 Å². The highest BCUT2D eigenvalue weighted by Crippen LogP contribution is 2.17. The van der Waals surface area contributed by atoms with Crippen molar-refractivity contribution in [2.45, 2.75) is 38.4 Å². The third kappa shape index (κ3) is 5.98. The van der Waals surface area contributed by atoms with Gasteiger partial charge in [-0.05, 0) is 35.4 Å². The van der Waals surface area contributed by atoms with Gasteiger partial charge >= 0.3 is 6.61 Å². The molecule has 0 amide bonds. The first kappa shape index (κ1) is 21.3. The first-order valence-corrected chi connectivity index (χ1v) is 10.1. The second-order valence-corrected chi connectivity index (χ2v) is 7.80. The molecule has 0 unspecified atom stereocenters. The van der Waals surface area contributed by atoms with E-state index >= 15 is 0 Å². The molecule has 2 rings (SSSR count). The number of sulfonamides is 1. The van der Waals surface area contributed by atoms with E-state index in [9.17, 15) is 17.2 Å². The Hall–Kier alpha value is -2.03. The van der Waals surface area contributed by atoms with Gasteiger partial charge in [-0.2, -0.15) is 13.1 Å². The molecule has 8 heteroatoms. The number of nitrogens with one attached hydrogen (secondary N) is 1. The second kappa shape index (κ2) is 9.77. The molecule has 0 atom stereocenters. The summed E-state index contributed by atoms with van der Waals surface area (Å²) < 4.78 is 54.9. The van der Waals surface area contributed by atoms with Gasteiger partial charge in [-0.15, -0.1) is 0 Å². The van der Waals surface area contributed by atoms with E-state index in [2.05, 4.69) is 10.1 Å². The Morgan fingerprint density at radius 2 is 1.41 bits per heavy atom. The Morgan fingerprint density at radius 3 is 1.85 bits per heavy atom. The van der Waals surface area contributed by atoms with E-state index in [0.29, 0.717) is 26.2 Å². The summed E-state index contributed by atoms with van der Waals surface area (Å²) >= 11 is 0. The van der Waals surface area contributed by atoms with Crippen molar-refractivity contribution in [3.8, 4) is 5.75 Å². The van der Waals surface area contributed by atoms with Crippen molar-refractivity contribution in [1.82, 2.24) is 9.62 Å². The van der Waals surface area contributed by atoms with Crippen molar-refractivity contribution in [2.24, 2.45) is 0 Å². The van der Waals surface area contributed by atoms with Crippen LogP contribution in [0, 0.1) is 0 Å². The maximum atomic E-state index is 12.5. The summed E-state index contributed by atoms with van der Waals surface area (Å²) in [6.07, 6.45) is 0. The van der Waals surface area contributed by atoms with Gasteiger partial charge in [0.25, 0.3) is 0 Å². The summed E-state index contributed by atoms with van der Waals surface area (Å²) in [5.74, 6) is 0.124. The van der Waals surface area contributed by atoms with Crippen LogP contribution in [-0.4, -0.2) is 32.4 Å². The molecule has 0 heterocycles. The van der Waals surface area contributed by atoms with E-state index in [-0.39, 0.29) is 10.6 Å². The lowest BCUT2D eigenvalue weighted by Crippen LogP contribution is -2.30. The van der Waals surface area contributed by atoms with Crippen LogP contribution in [0.15, 0.2) is 53.4 Å². The van der Waals surface area contributed by atoms with Crippen molar-refractivity contribution in [3.63, 3.8) is 0 Å². The molecule has 0 saturated heterocycles. The molecule has 0 aliphatic heterocycles. The van der Waals surface area contributed by atoms with E-state index in [0.717, 1.165) is 11.1 Å². The topological polar surface area (TPSA) is 58.6 Å². The van der Waals surface area contributed by atoms with Crippen LogP contribution in [-0.2, 0) is 23.1 Å². The van der Waals surface area contributed by atoms with Crippen LogP contribution in [0.2, 0.25) is 0 Å². The molecule has 0 aliphatic carbocycles. The summed E-state index contributed by atoms with van der Waals surface area (Å²) in [7, 11) is -3.45. The van der Waals surface area contributed by atoms with Crippen molar-refractivity contribution in [3.05, 3.63) is 59.7 Å². The Labute approximate surface area is 159 Å². The average molecular weight is 398 g/mol. The fourth-order valence-electron chi connectivity index (χ4n) is 2.63. The minimum atomic E-state index is -3.45. The van der Waals surface area contributed by atoms with Crippen molar-refractivity contribution >= 4 is 10.0 Å². The second-order valence-electron chi connectivity index (χ2n) is 5.86. The summed E-state index contributed by atoms with van der Waals surface area (Å²) in [4.78, 5) is 0.282. The largest absolute Gasteiger partial charge is 0.435 e. The molecule has 148 valence electrons. The molecule has 0 aliphatic rings. The van der Waals surface area contributed by atoms with E-state index in [4.69, 9.17) is 0 Å². The van der Waals surface area contributed by atoms with Crippen LogP contribution in [0.5, 0.6) is 5.75 Å². The summed E-state index contributed by atoms with van der Waals surface area (Å²) in [5, 5.41) is 3.23. The standard InChI is InChI=1S/C19H24F2N2O3S/c1-3-23(4-2)27(24,25)18-11-7-16(8-12-18)14-22-13-15-5-9-17(10-6-15)26-19(20)21/h5-12,19,22H,3-4,13-14H2,1-2H3. The summed E-state index contributed by atoms with van der Waals surface area (Å²) in [5.41, 5.74) is 1.88. The molecule has 2 aromatic carbocycles. The van der Waals surface area contributed by atoms with Crippen LogP contribution >= 0.6 is 0 Å². The number of hydrogen-bond donors (Lipinski definition) is 1. The maximum Gasteiger partial charge on any atom is 0.387 e. The fraction of sp³-hybridized carbons (Fsp3) is 0.368. The SMILES string of the molecule is CCN(CC)S(=O)(=O)c1ccc(CNCc2ccc(OC(F)F)cc2)cc1. The Morgan fingerprint density at radius 1 is 0.926 bits per heavy atom. The van der Waals surface area contributed by atoms with Gasteiger partial charge in [0.05, 0.1) is 4.90 Å². The molecule has 0 spiro atoms. The smallest absolute Gasteiger partial charge is 0.387 e. The van der Waals surface area contributed by atoms with E-state index in [1.54, 1.807) is 36.4 Å². The monoisotopic (exact) mass is 398 g/mol. The van der Waals surface area contributed by atoms with Crippen LogP contribution in [0.25, 0.3) is 0 Å². The summed E-state index contributed by atoms with van der Waals surface area (Å²) in [6.45, 7) is 2.77. The number of rotatable bonds is 10. The maximum absolute atomic E-state index is 12.5. The Balaban J connectivity index is 1.90. The zero-order valence-electron chi connectivity index (χ0n) is 15.4. The predicted molar refractivity (Wildman–Crippen MR) is 100 cm³/mol. The van der Waals surface area contributed by atoms with E-state index in [1.807, 2.05) is 13.8 Å². The molecule has 0 fully saturated rings. The number of nitrogens with zero attached hydrogens (tertiary/aromatic N) is 1. The Kier molecular flexibility index (Phi) is 7.70. The third-order valence-electron chi connectivity index (χ3n) is 4.07.